The fourth-order valence-electron chi connectivity index (χ4n) is 2.64. The van der Waals surface area contributed by atoms with Crippen LogP contribution in [0.1, 0.15) is 22.8 Å². The molecule has 3 aromatic rings. The molecule has 0 unspecified atom stereocenters. The van der Waals surface area contributed by atoms with Gasteiger partial charge in [0.1, 0.15) is 22.9 Å². The zero-order valence-electron chi connectivity index (χ0n) is 12.4. The van der Waals surface area contributed by atoms with E-state index in [-0.39, 0.29) is 0 Å². The van der Waals surface area contributed by atoms with Crippen LogP contribution in [-0.2, 0) is 19.6 Å². The third kappa shape index (κ3) is 2.86. The number of rotatable bonds is 5. The second kappa shape index (κ2) is 5.76. The first kappa shape index (κ1) is 13.9. The molecule has 0 spiro atoms. The number of aryl methyl sites for hydroxylation is 1. The molecule has 0 atom stereocenters. The minimum atomic E-state index is 0.486. The van der Waals surface area contributed by atoms with Crippen molar-refractivity contribution in [2.75, 3.05) is 7.05 Å². The van der Waals surface area contributed by atoms with E-state index in [0.29, 0.717) is 13.1 Å². The average Bonchev–Trinajstić information content (AvgIpc) is 3.01. The first-order valence-corrected chi connectivity index (χ1v) is 7.10. The molecule has 0 saturated carbocycles. The zero-order valence-corrected chi connectivity index (χ0v) is 12.4. The van der Waals surface area contributed by atoms with Crippen LogP contribution in [0, 0.1) is 6.92 Å². The number of fused-ring (bicyclic) bond motifs is 1. The fraction of sp³-hybridized carbons (Fsp3) is 0.294. The van der Waals surface area contributed by atoms with Gasteiger partial charge in [0.2, 0.25) is 0 Å². The lowest BCUT2D eigenvalue weighted by Gasteiger charge is -2.14. The standard InChI is InChI=1S/C17H20N2O2/c1-12-7-8-13(20-12)10-19(2)11-17-15(9-18)14-5-3-4-6-16(14)21-17/h3-8H,9-11,18H2,1-2H3. The Morgan fingerprint density at radius 3 is 2.57 bits per heavy atom. The van der Waals surface area contributed by atoms with Crippen molar-refractivity contribution in [2.45, 2.75) is 26.6 Å². The molecule has 4 heteroatoms. The zero-order chi connectivity index (χ0) is 14.8. The van der Waals surface area contributed by atoms with Crippen molar-refractivity contribution in [3.05, 3.63) is 59.2 Å². The molecule has 0 amide bonds. The van der Waals surface area contributed by atoms with Gasteiger partial charge in [-0.25, -0.2) is 0 Å². The number of hydrogen-bond donors (Lipinski definition) is 1. The van der Waals surface area contributed by atoms with Gasteiger partial charge >= 0.3 is 0 Å². The predicted molar refractivity (Wildman–Crippen MR) is 82.7 cm³/mol. The molecule has 3 rings (SSSR count). The molecule has 0 saturated heterocycles. The van der Waals surface area contributed by atoms with Crippen LogP contribution >= 0.6 is 0 Å². The van der Waals surface area contributed by atoms with Crippen molar-refractivity contribution in [1.82, 2.24) is 4.90 Å². The topological polar surface area (TPSA) is 55.5 Å². The van der Waals surface area contributed by atoms with E-state index in [9.17, 15) is 0 Å². The molecule has 21 heavy (non-hydrogen) atoms. The maximum atomic E-state index is 5.95. The van der Waals surface area contributed by atoms with E-state index in [1.807, 2.05) is 44.3 Å². The van der Waals surface area contributed by atoms with E-state index in [1.54, 1.807) is 0 Å². The summed E-state index contributed by atoms with van der Waals surface area (Å²) in [4.78, 5) is 2.16. The Bertz CT molecular complexity index is 742. The monoisotopic (exact) mass is 284 g/mol. The van der Waals surface area contributed by atoms with Crippen LogP contribution in [0.25, 0.3) is 11.0 Å². The molecular weight excluding hydrogens is 264 g/mol. The first-order chi connectivity index (χ1) is 10.2. The Kier molecular flexibility index (Phi) is 3.82. The average molecular weight is 284 g/mol. The number of nitrogens with two attached hydrogens (primary N) is 1. The van der Waals surface area contributed by atoms with Crippen LogP contribution in [0.2, 0.25) is 0 Å². The molecule has 0 fully saturated rings. The number of hydrogen-bond acceptors (Lipinski definition) is 4. The number of nitrogens with zero attached hydrogens (tertiary/aromatic N) is 1. The number of para-hydroxylation sites is 1. The van der Waals surface area contributed by atoms with Crippen molar-refractivity contribution in [3.8, 4) is 0 Å². The second-order valence-corrected chi connectivity index (χ2v) is 5.39. The van der Waals surface area contributed by atoms with Crippen LogP contribution in [0.5, 0.6) is 0 Å². The largest absolute Gasteiger partial charge is 0.465 e. The lowest BCUT2D eigenvalue weighted by molar-refractivity contribution is 0.264. The fourth-order valence-corrected chi connectivity index (χ4v) is 2.64. The minimum absolute atomic E-state index is 0.486. The predicted octanol–water partition coefficient (Wildman–Crippen LogP) is 3.42. The van der Waals surface area contributed by atoms with Crippen molar-refractivity contribution in [1.29, 1.82) is 0 Å². The maximum Gasteiger partial charge on any atom is 0.134 e. The van der Waals surface area contributed by atoms with Crippen LogP contribution in [0.3, 0.4) is 0 Å². The summed E-state index contributed by atoms with van der Waals surface area (Å²) in [5.74, 6) is 2.83. The van der Waals surface area contributed by atoms with E-state index < -0.39 is 0 Å². The Labute approximate surface area is 124 Å². The summed E-state index contributed by atoms with van der Waals surface area (Å²) in [6, 6.07) is 12.0. The van der Waals surface area contributed by atoms with Gasteiger partial charge in [-0.15, -0.1) is 0 Å². The van der Waals surface area contributed by atoms with Crippen molar-refractivity contribution >= 4 is 11.0 Å². The van der Waals surface area contributed by atoms with Gasteiger partial charge in [0.05, 0.1) is 13.1 Å². The van der Waals surface area contributed by atoms with Gasteiger partial charge in [-0.2, -0.15) is 0 Å². The lowest BCUT2D eigenvalue weighted by Crippen LogP contribution is -2.17. The summed E-state index contributed by atoms with van der Waals surface area (Å²) < 4.78 is 11.6. The summed E-state index contributed by atoms with van der Waals surface area (Å²) in [5, 5.41) is 1.11. The summed E-state index contributed by atoms with van der Waals surface area (Å²) >= 11 is 0. The molecule has 0 aliphatic rings. The van der Waals surface area contributed by atoms with Crippen LogP contribution in [-0.4, -0.2) is 11.9 Å². The van der Waals surface area contributed by atoms with Gasteiger partial charge in [-0.3, -0.25) is 4.90 Å². The molecule has 1 aromatic carbocycles. The number of furan rings is 2. The highest BCUT2D eigenvalue weighted by Gasteiger charge is 2.15. The van der Waals surface area contributed by atoms with E-state index in [0.717, 1.165) is 40.4 Å². The van der Waals surface area contributed by atoms with Crippen LogP contribution < -0.4 is 5.73 Å². The van der Waals surface area contributed by atoms with E-state index in [4.69, 9.17) is 14.6 Å². The van der Waals surface area contributed by atoms with Crippen LogP contribution in [0.15, 0.2) is 45.2 Å². The van der Waals surface area contributed by atoms with E-state index in [2.05, 4.69) is 11.0 Å². The Balaban J connectivity index is 1.80. The molecule has 0 aliphatic heterocycles. The highest BCUT2D eigenvalue weighted by atomic mass is 16.3. The van der Waals surface area contributed by atoms with E-state index in [1.165, 1.54) is 0 Å². The molecule has 4 nitrogen and oxygen atoms in total. The molecule has 2 aromatic heterocycles. The number of benzene rings is 1. The lowest BCUT2D eigenvalue weighted by atomic mass is 10.1. The van der Waals surface area contributed by atoms with Gasteiger partial charge in [0.15, 0.2) is 0 Å². The third-order valence-electron chi connectivity index (χ3n) is 3.62. The van der Waals surface area contributed by atoms with Gasteiger partial charge < -0.3 is 14.6 Å². The van der Waals surface area contributed by atoms with Gasteiger partial charge in [-0.1, -0.05) is 18.2 Å². The summed E-state index contributed by atoms with van der Waals surface area (Å²) in [6.07, 6.45) is 0. The summed E-state index contributed by atoms with van der Waals surface area (Å²) in [6.45, 7) is 3.89. The maximum absolute atomic E-state index is 5.95. The van der Waals surface area contributed by atoms with Gasteiger partial charge in [0, 0.05) is 17.5 Å². The Hall–Kier alpha value is -2.04. The molecule has 0 aliphatic carbocycles. The van der Waals surface area contributed by atoms with Crippen molar-refractivity contribution in [3.63, 3.8) is 0 Å². The summed E-state index contributed by atoms with van der Waals surface area (Å²) in [7, 11) is 2.05. The minimum Gasteiger partial charge on any atom is -0.465 e. The van der Waals surface area contributed by atoms with Crippen molar-refractivity contribution < 1.29 is 8.83 Å². The normalized spacial score (nSPS) is 11.6. The third-order valence-corrected chi connectivity index (χ3v) is 3.62. The quantitative estimate of drug-likeness (QED) is 0.780. The van der Waals surface area contributed by atoms with Gasteiger partial charge in [0.25, 0.3) is 0 Å². The molecule has 0 bridgehead atoms. The molecule has 110 valence electrons. The Morgan fingerprint density at radius 1 is 1.05 bits per heavy atom. The molecule has 0 radical (unpaired) electrons. The Morgan fingerprint density at radius 2 is 1.86 bits per heavy atom. The highest BCUT2D eigenvalue weighted by molar-refractivity contribution is 5.82. The summed E-state index contributed by atoms with van der Waals surface area (Å²) in [5.41, 5.74) is 7.88. The highest BCUT2D eigenvalue weighted by Crippen LogP contribution is 2.26. The van der Waals surface area contributed by atoms with Gasteiger partial charge in [-0.05, 0) is 32.2 Å². The first-order valence-electron chi connectivity index (χ1n) is 7.10. The molecule has 2 heterocycles. The second-order valence-electron chi connectivity index (χ2n) is 5.39. The van der Waals surface area contributed by atoms with Crippen molar-refractivity contribution in [2.24, 2.45) is 5.73 Å². The SMILES string of the molecule is Cc1ccc(CN(C)Cc2oc3ccccc3c2CN)o1. The van der Waals surface area contributed by atoms with E-state index >= 15 is 0 Å². The molecule has 2 N–H and O–H groups in total. The smallest absolute Gasteiger partial charge is 0.134 e. The van der Waals surface area contributed by atoms with Crippen LogP contribution in [0.4, 0.5) is 0 Å². The molecular formula is C17H20N2O2.